The molecule has 4 heterocycles. The standard InChI is InChI=1S/C23H23N5O3/c1-13-10-17-21-18(11-13)31-14-6-7-27(12-14)8-9-28-23(29)16-5-3-4-15(19(16)26-28)20(25-21)22(24-17)30-2/h3-5,10-11,14,26H,6-9,12H2,1-2H3/t14-/m0/s1. The van der Waals surface area contributed by atoms with Crippen LogP contribution >= 0.6 is 0 Å². The van der Waals surface area contributed by atoms with E-state index < -0.39 is 0 Å². The summed E-state index contributed by atoms with van der Waals surface area (Å²) in [6, 6.07) is 9.68. The lowest BCUT2D eigenvalue weighted by Crippen LogP contribution is -2.30. The zero-order valence-electron chi connectivity index (χ0n) is 17.5. The Morgan fingerprint density at radius 1 is 1.19 bits per heavy atom. The molecule has 0 aliphatic carbocycles. The molecule has 31 heavy (non-hydrogen) atoms. The predicted octanol–water partition coefficient (Wildman–Crippen LogP) is 2.72. The molecule has 6 rings (SSSR count). The number of aryl methyl sites for hydroxylation is 1. The second-order valence-corrected chi connectivity index (χ2v) is 8.34. The van der Waals surface area contributed by atoms with Crippen molar-refractivity contribution in [1.82, 2.24) is 24.6 Å². The maximum atomic E-state index is 13.0. The van der Waals surface area contributed by atoms with Gasteiger partial charge < -0.3 is 9.47 Å². The number of nitrogens with zero attached hydrogens (tertiary/aromatic N) is 4. The summed E-state index contributed by atoms with van der Waals surface area (Å²) >= 11 is 0. The normalized spacial score (nSPS) is 20.3. The van der Waals surface area contributed by atoms with Crippen LogP contribution in [0.3, 0.4) is 0 Å². The van der Waals surface area contributed by atoms with E-state index in [1.807, 2.05) is 37.3 Å². The Labute approximate surface area is 178 Å². The largest absolute Gasteiger partial charge is 0.487 e. The van der Waals surface area contributed by atoms with Crippen LogP contribution in [0, 0.1) is 6.92 Å². The van der Waals surface area contributed by atoms with Crippen LogP contribution in [0.1, 0.15) is 12.0 Å². The highest BCUT2D eigenvalue weighted by molar-refractivity contribution is 5.95. The fraction of sp³-hybridized carbons (Fsp3) is 0.348. The Hall–Kier alpha value is -3.39. The number of hydrogen-bond donors (Lipinski definition) is 1. The molecule has 1 unspecified atom stereocenters. The highest BCUT2D eigenvalue weighted by Crippen LogP contribution is 2.36. The molecule has 4 aromatic rings. The van der Waals surface area contributed by atoms with E-state index in [0.717, 1.165) is 54.0 Å². The molecule has 2 aliphatic heterocycles. The molecule has 2 aromatic carbocycles. The van der Waals surface area contributed by atoms with E-state index in [1.54, 1.807) is 11.8 Å². The molecule has 0 amide bonds. The SMILES string of the molecule is COc1nc2cc(C)cc3c2nc1-c1cccc2c(=O)n([nH]c12)CCN1CC[C@@H](C1)O3. The highest BCUT2D eigenvalue weighted by atomic mass is 16.5. The number of aromatic nitrogens is 4. The van der Waals surface area contributed by atoms with Gasteiger partial charge >= 0.3 is 0 Å². The van der Waals surface area contributed by atoms with Gasteiger partial charge in [-0.05, 0) is 37.1 Å². The minimum absolute atomic E-state index is 0.0252. The van der Waals surface area contributed by atoms with Gasteiger partial charge in [-0.3, -0.25) is 19.5 Å². The van der Waals surface area contributed by atoms with E-state index in [-0.39, 0.29) is 11.7 Å². The second kappa shape index (κ2) is 6.81. The first-order chi connectivity index (χ1) is 15.1. The Morgan fingerprint density at radius 3 is 2.97 bits per heavy atom. The van der Waals surface area contributed by atoms with Crippen LogP contribution in [-0.4, -0.2) is 57.5 Å². The Bertz CT molecular complexity index is 1390. The molecule has 2 atom stereocenters. The van der Waals surface area contributed by atoms with E-state index in [9.17, 15) is 4.79 Å². The third-order valence-corrected chi connectivity index (χ3v) is 6.25. The molecule has 0 spiro atoms. The summed E-state index contributed by atoms with van der Waals surface area (Å²) in [5, 5.41) is 3.95. The van der Waals surface area contributed by atoms with Crippen molar-refractivity contribution in [2.45, 2.75) is 26.0 Å². The smallest absolute Gasteiger partial charge is 0.274 e. The van der Waals surface area contributed by atoms with Gasteiger partial charge in [0, 0.05) is 25.2 Å². The number of rotatable bonds is 1. The monoisotopic (exact) mass is 417 g/mol. The first-order valence-electron chi connectivity index (χ1n) is 10.6. The molecule has 8 heteroatoms. The molecule has 6 bridgehead atoms. The van der Waals surface area contributed by atoms with Gasteiger partial charge in [-0.15, -0.1) is 0 Å². The molecule has 2 aromatic heterocycles. The zero-order valence-corrected chi connectivity index (χ0v) is 17.5. The van der Waals surface area contributed by atoms with E-state index in [2.05, 4.69) is 10.00 Å². The van der Waals surface area contributed by atoms with E-state index in [4.69, 9.17) is 19.4 Å². The van der Waals surface area contributed by atoms with Gasteiger partial charge in [0.05, 0.1) is 30.1 Å². The molecule has 8 nitrogen and oxygen atoms in total. The molecular weight excluding hydrogens is 394 g/mol. The minimum Gasteiger partial charge on any atom is -0.487 e. The summed E-state index contributed by atoms with van der Waals surface area (Å²) in [5.74, 6) is 1.16. The number of H-pyrrole nitrogens is 1. The molecule has 1 fully saturated rings. The van der Waals surface area contributed by atoms with Crippen LogP contribution in [-0.2, 0) is 6.54 Å². The van der Waals surface area contributed by atoms with Crippen molar-refractivity contribution in [2.24, 2.45) is 0 Å². The van der Waals surface area contributed by atoms with Crippen molar-refractivity contribution < 1.29 is 9.47 Å². The lowest BCUT2D eigenvalue weighted by molar-refractivity contribution is 0.199. The third-order valence-electron chi connectivity index (χ3n) is 6.25. The molecular formula is C23H23N5O3. The van der Waals surface area contributed by atoms with Crippen molar-refractivity contribution in [3.8, 4) is 22.9 Å². The predicted molar refractivity (Wildman–Crippen MR) is 118 cm³/mol. The van der Waals surface area contributed by atoms with Crippen LogP contribution in [0.2, 0.25) is 0 Å². The van der Waals surface area contributed by atoms with Gasteiger partial charge in [0.15, 0.2) is 0 Å². The summed E-state index contributed by atoms with van der Waals surface area (Å²) in [6.07, 6.45) is 1.02. The topological polar surface area (TPSA) is 85.3 Å². The number of fused-ring (bicyclic) bond motifs is 5. The van der Waals surface area contributed by atoms with Gasteiger partial charge in [-0.1, -0.05) is 12.1 Å². The van der Waals surface area contributed by atoms with Gasteiger partial charge in [-0.2, -0.15) is 0 Å². The summed E-state index contributed by atoms with van der Waals surface area (Å²) in [4.78, 5) is 25.1. The molecule has 1 N–H and O–H groups in total. The zero-order chi connectivity index (χ0) is 21.1. The number of nitrogens with one attached hydrogen (secondary N) is 1. The molecule has 158 valence electrons. The average Bonchev–Trinajstić information content (AvgIpc) is 3.34. The first kappa shape index (κ1) is 18.4. The third kappa shape index (κ3) is 2.90. The number of ether oxygens (including phenoxy) is 2. The molecule has 0 saturated carbocycles. The number of aromatic amines is 1. The number of benzene rings is 2. The Balaban J connectivity index is 1.69. The van der Waals surface area contributed by atoms with Gasteiger partial charge in [0.25, 0.3) is 5.56 Å². The van der Waals surface area contributed by atoms with Crippen molar-refractivity contribution in [2.75, 3.05) is 26.7 Å². The molecule has 0 radical (unpaired) electrons. The maximum Gasteiger partial charge on any atom is 0.274 e. The fourth-order valence-corrected chi connectivity index (χ4v) is 4.71. The Kier molecular flexibility index (Phi) is 4.04. The van der Waals surface area contributed by atoms with E-state index in [1.165, 1.54) is 0 Å². The van der Waals surface area contributed by atoms with E-state index >= 15 is 0 Å². The summed E-state index contributed by atoms with van der Waals surface area (Å²) in [6.45, 7) is 5.18. The van der Waals surface area contributed by atoms with Crippen molar-refractivity contribution in [1.29, 1.82) is 0 Å². The Morgan fingerprint density at radius 2 is 2.10 bits per heavy atom. The van der Waals surface area contributed by atoms with Crippen molar-refractivity contribution >= 4 is 21.9 Å². The van der Waals surface area contributed by atoms with E-state index in [0.29, 0.717) is 29.0 Å². The quantitative estimate of drug-likeness (QED) is 0.513. The first-order valence-corrected chi connectivity index (χ1v) is 10.6. The summed E-state index contributed by atoms with van der Waals surface area (Å²) in [7, 11) is 1.59. The minimum atomic E-state index is -0.0252. The maximum absolute atomic E-state index is 13.0. The lowest BCUT2D eigenvalue weighted by atomic mass is 10.1. The molecule has 2 aliphatic rings. The second-order valence-electron chi connectivity index (χ2n) is 8.34. The van der Waals surface area contributed by atoms with Crippen molar-refractivity contribution in [3.63, 3.8) is 0 Å². The van der Waals surface area contributed by atoms with Gasteiger partial charge in [0.1, 0.15) is 23.1 Å². The van der Waals surface area contributed by atoms with Crippen LogP contribution in [0.5, 0.6) is 11.6 Å². The number of hydrogen-bond acceptors (Lipinski definition) is 6. The number of methoxy groups -OCH3 is 1. The van der Waals surface area contributed by atoms with Crippen LogP contribution < -0.4 is 15.0 Å². The van der Waals surface area contributed by atoms with Crippen LogP contribution in [0.15, 0.2) is 35.1 Å². The fourth-order valence-electron chi connectivity index (χ4n) is 4.71. The van der Waals surface area contributed by atoms with Gasteiger partial charge in [-0.25, -0.2) is 9.97 Å². The average molecular weight is 417 g/mol. The van der Waals surface area contributed by atoms with Crippen molar-refractivity contribution in [3.05, 3.63) is 46.2 Å². The van der Waals surface area contributed by atoms with Gasteiger partial charge in [0.2, 0.25) is 5.88 Å². The number of para-hydroxylation sites is 1. The van der Waals surface area contributed by atoms with Crippen LogP contribution in [0.4, 0.5) is 0 Å². The van der Waals surface area contributed by atoms with Crippen LogP contribution in [0.25, 0.3) is 33.2 Å². The summed E-state index contributed by atoms with van der Waals surface area (Å²) < 4.78 is 13.7. The highest BCUT2D eigenvalue weighted by Gasteiger charge is 2.26. The lowest BCUT2D eigenvalue weighted by Gasteiger charge is -2.19. The summed E-state index contributed by atoms with van der Waals surface area (Å²) in [5.41, 5.74) is 4.59. The molecule has 1 saturated heterocycles.